The van der Waals surface area contributed by atoms with Crippen LogP contribution in [0.15, 0.2) is 89.9 Å². The fourth-order valence-electron chi connectivity index (χ4n) is 6.41. The van der Waals surface area contributed by atoms with Crippen LogP contribution in [-0.4, -0.2) is 52.0 Å². The van der Waals surface area contributed by atoms with E-state index in [-0.39, 0.29) is 35.4 Å². The molecule has 3 aromatic carbocycles. The molecule has 0 radical (unpaired) electrons. The highest BCUT2D eigenvalue weighted by Gasteiger charge is 2.42. The zero-order valence-corrected chi connectivity index (χ0v) is 24.9. The third-order valence-electron chi connectivity index (χ3n) is 8.59. The third kappa shape index (κ3) is 5.63. The third-order valence-corrected chi connectivity index (χ3v) is 8.59. The van der Waals surface area contributed by atoms with Crippen molar-refractivity contribution in [2.24, 2.45) is 5.73 Å². The first-order valence-electron chi connectivity index (χ1n) is 15.0. The van der Waals surface area contributed by atoms with Crippen LogP contribution in [0.3, 0.4) is 0 Å². The average molecular weight is 593 g/mol. The van der Waals surface area contributed by atoms with Gasteiger partial charge in [0, 0.05) is 18.5 Å². The maximum atomic E-state index is 13.9. The lowest BCUT2D eigenvalue weighted by atomic mass is 9.81. The Kier molecular flexibility index (Phi) is 8.30. The van der Waals surface area contributed by atoms with E-state index in [1.54, 1.807) is 9.58 Å². The van der Waals surface area contributed by atoms with Gasteiger partial charge in [-0.15, -0.1) is 0 Å². The maximum Gasteiger partial charge on any atom is 0.326 e. The van der Waals surface area contributed by atoms with Gasteiger partial charge in [0.05, 0.1) is 12.2 Å². The Morgan fingerprint density at radius 3 is 2.18 bits per heavy atom. The lowest BCUT2D eigenvalue weighted by Crippen LogP contribution is -2.50. The second-order valence-electron chi connectivity index (χ2n) is 11.6. The van der Waals surface area contributed by atoms with Gasteiger partial charge in [-0.05, 0) is 60.9 Å². The van der Waals surface area contributed by atoms with Gasteiger partial charge in [0.1, 0.15) is 6.04 Å². The smallest absolute Gasteiger partial charge is 0.326 e. The number of amides is 1. The molecule has 0 saturated heterocycles. The molecule has 0 fully saturated rings. The number of hydrogen-bond acceptors (Lipinski definition) is 7. The maximum absolute atomic E-state index is 13.9. The average Bonchev–Trinajstić information content (AvgIpc) is 3.19. The molecule has 226 valence electrons. The molecular weight excluding hydrogens is 556 g/mol. The topological polar surface area (TPSA) is 117 Å². The number of carbonyl (C=O) groups excluding carboxylic acids is 2. The van der Waals surface area contributed by atoms with Crippen molar-refractivity contribution in [1.29, 1.82) is 0 Å². The van der Waals surface area contributed by atoms with Crippen LogP contribution in [0.2, 0.25) is 0 Å². The summed E-state index contributed by atoms with van der Waals surface area (Å²) in [6, 6.07) is 24.8. The summed E-state index contributed by atoms with van der Waals surface area (Å²) in [6.45, 7) is 3.73. The van der Waals surface area contributed by atoms with Gasteiger partial charge in [0.2, 0.25) is 18.0 Å². The molecule has 1 aliphatic heterocycles. The molecule has 0 saturated carbocycles. The molecular formula is C35H36N4O5. The highest BCUT2D eigenvalue weighted by atomic mass is 16.7. The predicted molar refractivity (Wildman–Crippen MR) is 166 cm³/mol. The zero-order chi connectivity index (χ0) is 30.8. The van der Waals surface area contributed by atoms with Crippen LogP contribution >= 0.6 is 0 Å². The fourth-order valence-corrected chi connectivity index (χ4v) is 6.41. The number of benzene rings is 3. The Balaban J connectivity index is 1.35. The minimum absolute atomic E-state index is 0.0475. The van der Waals surface area contributed by atoms with Gasteiger partial charge < -0.3 is 20.1 Å². The molecule has 2 N–H and O–H groups in total. The van der Waals surface area contributed by atoms with Crippen molar-refractivity contribution in [1.82, 2.24) is 14.7 Å². The molecule has 2 atom stereocenters. The van der Waals surface area contributed by atoms with Gasteiger partial charge in [-0.1, -0.05) is 78.9 Å². The lowest BCUT2D eigenvalue weighted by molar-refractivity contribution is -0.151. The highest BCUT2D eigenvalue weighted by Crippen LogP contribution is 2.44. The Labute approximate surface area is 256 Å². The second-order valence-corrected chi connectivity index (χ2v) is 11.6. The molecule has 1 amide bonds. The van der Waals surface area contributed by atoms with Gasteiger partial charge in [-0.3, -0.25) is 19.1 Å². The first-order chi connectivity index (χ1) is 21.3. The molecule has 0 bridgehead atoms. The first kappa shape index (κ1) is 29.3. The van der Waals surface area contributed by atoms with Crippen LogP contribution in [0.4, 0.5) is 0 Å². The van der Waals surface area contributed by atoms with Crippen LogP contribution < -0.4 is 15.9 Å². The molecule has 1 aromatic heterocycles. The fraction of sp³-hybridized carbons (Fsp3) is 0.314. The van der Waals surface area contributed by atoms with E-state index in [2.05, 4.69) is 41.5 Å². The quantitative estimate of drug-likeness (QED) is 0.243. The zero-order valence-electron chi connectivity index (χ0n) is 24.9. The molecule has 44 heavy (non-hydrogen) atoms. The van der Waals surface area contributed by atoms with Gasteiger partial charge in [-0.25, -0.2) is 0 Å². The summed E-state index contributed by atoms with van der Waals surface area (Å²) in [6.07, 6.45) is 3.27. The van der Waals surface area contributed by atoms with E-state index in [1.165, 1.54) is 28.5 Å². The van der Waals surface area contributed by atoms with Crippen LogP contribution in [0.1, 0.15) is 64.1 Å². The molecule has 4 aromatic rings. The molecule has 9 heteroatoms. The van der Waals surface area contributed by atoms with Crippen molar-refractivity contribution < 1.29 is 19.1 Å². The number of aromatic nitrogens is 2. The minimum atomic E-state index is -0.911. The number of ether oxygens (including phenoxy) is 2. The molecule has 0 unspecified atom stereocenters. The molecule has 2 heterocycles. The normalized spacial score (nSPS) is 16.9. The van der Waals surface area contributed by atoms with E-state index < -0.39 is 24.2 Å². The summed E-state index contributed by atoms with van der Waals surface area (Å²) < 4.78 is 12.7. The summed E-state index contributed by atoms with van der Waals surface area (Å²) >= 11 is 0. The summed E-state index contributed by atoms with van der Waals surface area (Å²) in [5.41, 5.74) is 11.3. The van der Waals surface area contributed by atoms with Gasteiger partial charge >= 0.3 is 5.97 Å². The van der Waals surface area contributed by atoms with E-state index >= 15 is 0 Å². The predicted octanol–water partition coefficient (Wildman–Crippen LogP) is 4.03. The van der Waals surface area contributed by atoms with Crippen molar-refractivity contribution in [2.75, 3.05) is 13.3 Å². The second kappa shape index (κ2) is 12.5. The minimum Gasteiger partial charge on any atom is -0.451 e. The number of hydrogen-bond donors (Lipinski definition) is 1. The van der Waals surface area contributed by atoms with Crippen molar-refractivity contribution in [2.45, 2.75) is 57.2 Å². The molecule has 6 rings (SSSR count). The Morgan fingerprint density at radius 2 is 1.55 bits per heavy atom. The summed E-state index contributed by atoms with van der Waals surface area (Å²) in [7, 11) is 0. The highest BCUT2D eigenvalue weighted by molar-refractivity contribution is 5.96. The Morgan fingerprint density at radius 1 is 0.932 bits per heavy atom. The first-order valence-corrected chi connectivity index (χ1v) is 15.0. The largest absolute Gasteiger partial charge is 0.451 e. The van der Waals surface area contributed by atoms with Crippen LogP contribution in [-0.2, 0) is 28.8 Å². The number of aryl methyl sites for hydroxylation is 2. The SMILES string of the molecule is CC(C)N1C[C@H](C2c3ccccc3CCc3ccccc32)n2ncc(=O)c(OCOC(=O)[C@@H](N)Cc3ccccc3)c2C1=O. The number of nitrogens with two attached hydrogens (primary N) is 1. The summed E-state index contributed by atoms with van der Waals surface area (Å²) in [5.74, 6) is -1.36. The van der Waals surface area contributed by atoms with Crippen molar-refractivity contribution in [3.63, 3.8) is 0 Å². The Bertz CT molecular complexity index is 1690. The number of carbonyl (C=O) groups is 2. The number of esters is 1. The number of fused-ring (bicyclic) bond motifs is 3. The van der Waals surface area contributed by atoms with Gasteiger partial charge in [0.25, 0.3) is 5.91 Å². The van der Waals surface area contributed by atoms with Crippen molar-refractivity contribution in [3.8, 4) is 5.75 Å². The molecule has 9 nitrogen and oxygen atoms in total. The van der Waals surface area contributed by atoms with Crippen molar-refractivity contribution >= 4 is 11.9 Å². The summed E-state index contributed by atoms with van der Waals surface area (Å²) in [4.78, 5) is 41.5. The van der Waals surface area contributed by atoms with Crippen molar-refractivity contribution in [3.05, 3.63) is 129 Å². The molecule has 2 aliphatic rings. The molecule has 0 spiro atoms. The lowest BCUT2D eigenvalue weighted by Gasteiger charge is -2.41. The monoisotopic (exact) mass is 592 g/mol. The van der Waals surface area contributed by atoms with Gasteiger partial charge in [-0.2, -0.15) is 5.10 Å². The van der Waals surface area contributed by atoms with E-state index in [0.29, 0.717) is 13.0 Å². The van der Waals surface area contributed by atoms with E-state index in [0.717, 1.165) is 18.4 Å². The summed E-state index contributed by atoms with van der Waals surface area (Å²) in [5, 5.41) is 4.52. The van der Waals surface area contributed by atoms with Crippen LogP contribution in [0.5, 0.6) is 5.75 Å². The number of rotatable bonds is 8. The van der Waals surface area contributed by atoms with Crippen LogP contribution in [0.25, 0.3) is 0 Å². The van der Waals surface area contributed by atoms with E-state index in [4.69, 9.17) is 15.2 Å². The van der Waals surface area contributed by atoms with E-state index in [1.807, 2.05) is 56.3 Å². The number of nitrogens with zero attached hydrogens (tertiary/aromatic N) is 3. The van der Waals surface area contributed by atoms with E-state index in [9.17, 15) is 14.4 Å². The standard InChI is InChI=1S/C35H36N4O5/c1-22(2)38-20-29(31-26-14-8-6-12-24(26)16-17-25-13-7-9-15-27(25)31)39-32(34(38)41)33(30(40)19-37-39)43-21-44-35(42)28(36)18-23-10-4-3-5-11-23/h3-15,19,22,28-29,31H,16-18,20-21,36H2,1-2H3/t28-,29+/m0/s1. The van der Waals surface area contributed by atoms with Crippen LogP contribution in [0, 0.1) is 0 Å². The Hall–Kier alpha value is -4.76. The van der Waals surface area contributed by atoms with Gasteiger partial charge in [0.15, 0.2) is 5.69 Å². The molecule has 1 aliphatic carbocycles.